The van der Waals surface area contributed by atoms with Crippen LogP contribution in [0.5, 0.6) is 5.75 Å². The van der Waals surface area contributed by atoms with Gasteiger partial charge in [0.2, 0.25) is 11.9 Å². The molecule has 2 heterocycles. The second kappa shape index (κ2) is 11.9. The largest absolute Gasteiger partial charge is 0.492 e. The van der Waals surface area contributed by atoms with Gasteiger partial charge in [-0.25, -0.2) is 0 Å². The van der Waals surface area contributed by atoms with Gasteiger partial charge in [0.1, 0.15) is 12.4 Å². The molecule has 1 aliphatic heterocycles. The topological polar surface area (TPSA) is 81.5 Å². The second-order valence-electron chi connectivity index (χ2n) is 7.39. The van der Waals surface area contributed by atoms with Gasteiger partial charge in [-0.05, 0) is 29.8 Å². The monoisotopic (exact) mass is 487 g/mol. The van der Waals surface area contributed by atoms with Crippen LogP contribution in [0.3, 0.4) is 0 Å². The fourth-order valence-corrected chi connectivity index (χ4v) is 4.25. The molecule has 1 aliphatic rings. The lowest BCUT2D eigenvalue weighted by molar-refractivity contribution is -0.118. The molecule has 0 unspecified atom stereocenters. The van der Waals surface area contributed by atoms with Gasteiger partial charge in [0.25, 0.3) is 0 Å². The van der Waals surface area contributed by atoms with E-state index in [1.165, 1.54) is 11.8 Å². The maximum atomic E-state index is 12.4. The zero-order valence-corrected chi connectivity index (χ0v) is 19.7. The van der Waals surface area contributed by atoms with Crippen molar-refractivity contribution in [3.05, 3.63) is 65.2 Å². The Morgan fingerprint density at radius 2 is 1.85 bits per heavy atom. The molecule has 1 saturated heterocycles. The van der Waals surface area contributed by atoms with Crippen molar-refractivity contribution in [3.63, 3.8) is 0 Å². The van der Waals surface area contributed by atoms with Gasteiger partial charge in [0.05, 0.1) is 32.1 Å². The van der Waals surface area contributed by atoms with Gasteiger partial charge < -0.3 is 19.7 Å². The van der Waals surface area contributed by atoms with Gasteiger partial charge in [-0.15, -0.1) is 10.2 Å². The summed E-state index contributed by atoms with van der Waals surface area (Å²) >= 11 is 7.25. The number of thioether (sulfide) groups is 1. The van der Waals surface area contributed by atoms with Crippen LogP contribution >= 0.6 is 23.4 Å². The molecule has 10 heteroatoms. The van der Waals surface area contributed by atoms with Crippen LogP contribution in [-0.4, -0.2) is 65.9 Å². The summed E-state index contributed by atoms with van der Waals surface area (Å²) in [6.45, 7) is 4.31. The standard InChI is InChI=1S/C23H26ClN5O3S/c24-19-6-8-20(9-7-19)32-13-10-25-21(30)17-33-23-27-26-22(28-11-14-31-15-12-28)29(23)16-18-4-2-1-3-5-18/h1-9H,10-17H2,(H,25,30). The van der Waals surface area contributed by atoms with E-state index >= 15 is 0 Å². The van der Waals surface area contributed by atoms with E-state index in [0.29, 0.717) is 48.8 Å². The van der Waals surface area contributed by atoms with E-state index in [-0.39, 0.29) is 11.7 Å². The molecule has 0 saturated carbocycles. The Hall–Kier alpha value is -2.75. The maximum absolute atomic E-state index is 12.4. The van der Waals surface area contributed by atoms with Crippen LogP contribution in [0.4, 0.5) is 5.95 Å². The fourth-order valence-electron chi connectivity index (χ4n) is 3.36. The highest BCUT2D eigenvalue weighted by molar-refractivity contribution is 7.99. The Kier molecular flexibility index (Phi) is 8.46. The van der Waals surface area contributed by atoms with Crippen molar-refractivity contribution < 1.29 is 14.3 Å². The van der Waals surface area contributed by atoms with Gasteiger partial charge in [-0.1, -0.05) is 53.7 Å². The summed E-state index contributed by atoms with van der Waals surface area (Å²) in [5.74, 6) is 1.69. The van der Waals surface area contributed by atoms with Crippen LogP contribution in [0.25, 0.3) is 0 Å². The highest BCUT2D eigenvalue weighted by Gasteiger charge is 2.21. The van der Waals surface area contributed by atoms with Crippen molar-refractivity contribution in [2.45, 2.75) is 11.7 Å². The molecule has 1 amide bonds. The van der Waals surface area contributed by atoms with Crippen LogP contribution in [0.2, 0.25) is 5.02 Å². The Bertz CT molecular complexity index is 1030. The molecule has 174 valence electrons. The maximum Gasteiger partial charge on any atom is 0.230 e. The summed E-state index contributed by atoms with van der Waals surface area (Å²) in [7, 11) is 0. The third-order valence-electron chi connectivity index (χ3n) is 5.01. The van der Waals surface area contributed by atoms with Crippen molar-refractivity contribution in [3.8, 4) is 5.75 Å². The second-order valence-corrected chi connectivity index (χ2v) is 8.77. The average Bonchev–Trinajstić information content (AvgIpc) is 3.25. The van der Waals surface area contributed by atoms with Crippen molar-refractivity contribution in [2.24, 2.45) is 0 Å². The van der Waals surface area contributed by atoms with Gasteiger partial charge >= 0.3 is 0 Å². The van der Waals surface area contributed by atoms with E-state index in [4.69, 9.17) is 21.1 Å². The summed E-state index contributed by atoms with van der Waals surface area (Å²) in [6.07, 6.45) is 0. The van der Waals surface area contributed by atoms with E-state index in [1.807, 2.05) is 18.2 Å². The summed E-state index contributed by atoms with van der Waals surface area (Å²) in [6, 6.07) is 17.3. The minimum atomic E-state index is -0.0816. The molecular formula is C23H26ClN5O3S. The number of hydrogen-bond acceptors (Lipinski definition) is 7. The number of nitrogens with zero attached hydrogens (tertiary/aromatic N) is 4. The van der Waals surface area contributed by atoms with Crippen LogP contribution in [0.1, 0.15) is 5.56 Å². The first-order valence-corrected chi connectivity index (χ1v) is 12.1. The van der Waals surface area contributed by atoms with E-state index in [0.717, 1.165) is 24.6 Å². The summed E-state index contributed by atoms with van der Waals surface area (Å²) < 4.78 is 13.2. The first-order chi connectivity index (χ1) is 16.2. The molecule has 0 bridgehead atoms. The van der Waals surface area contributed by atoms with Crippen molar-refractivity contribution in [1.29, 1.82) is 0 Å². The number of rotatable bonds is 10. The molecule has 1 fully saturated rings. The van der Waals surface area contributed by atoms with Crippen LogP contribution in [0, 0.1) is 0 Å². The number of ether oxygens (including phenoxy) is 2. The number of aromatic nitrogens is 3. The van der Waals surface area contributed by atoms with Crippen LogP contribution in [0.15, 0.2) is 59.8 Å². The molecule has 0 atom stereocenters. The number of amides is 1. The lowest BCUT2D eigenvalue weighted by Gasteiger charge is -2.28. The normalized spacial score (nSPS) is 13.7. The molecule has 0 aliphatic carbocycles. The molecule has 33 heavy (non-hydrogen) atoms. The Balaban J connectivity index is 1.32. The predicted molar refractivity (Wildman–Crippen MR) is 129 cm³/mol. The molecule has 0 radical (unpaired) electrons. The minimum absolute atomic E-state index is 0.0816. The Morgan fingerprint density at radius 1 is 1.09 bits per heavy atom. The lowest BCUT2D eigenvalue weighted by atomic mass is 10.2. The molecule has 8 nitrogen and oxygen atoms in total. The van der Waals surface area contributed by atoms with Crippen LogP contribution in [-0.2, 0) is 16.1 Å². The van der Waals surface area contributed by atoms with Crippen molar-refractivity contribution in [1.82, 2.24) is 20.1 Å². The predicted octanol–water partition coefficient (Wildman–Crippen LogP) is 3.10. The molecule has 4 rings (SSSR count). The number of anilines is 1. The van der Waals surface area contributed by atoms with Gasteiger partial charge in [-0.2, -0.15) is 0 Å². The number of carbonyl (C=O) groups excluding carboxylic acids is 1. The van der Waals surface area contributed by atoms with Gasteiger partial charge in [0, 0.05) is 18.1 Å². The number of halogens is 1. The number of benzene rings is 2. The van der Waals surface area contributed by atoms with E-state index in [9.17, 15) is 4.79 Å². The average molecular weight is 488 g/mol. The van der Waals surface area contributed by atoms with E-state index < -0.39 is 0 Å². The van der Waals surface area contributed by atoms with Gasteiger partial charge in [-0.3, -0.25) is 9.36 Å². The summed E-state index contributed by atoms with van der Waals surface area (Å²) in [5.41, 5.74) is 1.15. The number of hydrogen-bond donors (Lipinski definition) is 1. The first-order valence-electron chi connectivity index (χ1n) is 10.8. The third kappa shape index (κ3) is 6.86. The molecular weight excluding hydrogens is 462 g/mol. The molecule has 0 spiro atoms. The van der Waals surface area contributed by atoms with E-state index in [1.54, 1.807) is 24.3 Å². The first kappa shape index (κ1) is 23.4. The zero-order valence-electron chi connectivity index (χ0n) is 18.2. The number of carbonyl (C=O) groups is 1. The molecule has 1 N–H and O–H groups in total. The van der Waals surface area contributed by atoms with E-state index in [2.05, 4.69) is 37.1 Å². The lowest BCUT2D eigenvalue weighted by Crippen LogP contribution is -2.38. The smallest absolute Gasteiger partial charge is 0.230 e. The number of morpholine rings is 1. The molecule has 1 aromatic heterocycles. The third-order valence-corrected chi connectivity index (χ3v) is 6.23. The summed E-state index contributed by atoms with van der Waals surface area (Å²) in [5, 5.41) is 13.1. The summed E-state index contributed by atoms with van der Waals surface area (Å²) in [4.78, 5) is 14.5. The number of nitrogens with one attached hydrogen (secondary N) is 1. The Labute approximate surface area is 202 Å². The Morgan fingerprint density at radius 3 is 2.61 bits per heavy atom. The molecule has 3 aromatic rings. The van der Waals surface area contributed by atoms with Crippen LogP contribution < -0.4 is 15.0 Å². The highest BCUT2D eigenvalue weighted by Crippen LogP contribution is 2.24. The quantitative estimate of drug-likeness (QED) is 0.347. The SMILES string of the molecule is O=C(CSc1nnc(N2CCOCC2)n1Cc1ccccc1)NCCOc1ccc(Cl)cc1. The fraction of sp³-hybridized carbons (Fsp3) is 0.348. The zero-order chi connectivity index (χ0) is 22.9. The molecule has 2 aromatic carbocycles. The van der Waals surface area contributed by atoms with Crippen molar-refractivity contribution in [2.75, 3.05) is 50.1 Å². The van der Waals surface area contributed by atoms with Gasteiger partial charge in [0.15, 0.2) is 5.16 Å². The highest BCUT2D eigenvalue weighted by atomic mass is 35.5. The van der Waals surface area contributed by atoms with Crippen molar-refractivity contribution >= 4 is 35.2 Å². The minimum Gasteiger partial charge on any atom is -0.492 e.